The highest BCUT2D eigenvalue weighted by Gasteiger charge is 2.29. The lowest BCUT2D eigenvalue weighted by Crippen LogP contribution is -2.43. The number of carbonyl (C=O) groups excluding carboxylic acids is 1. The minimum absolute atomic E-state index is 0.00930. The van der Waals surface area contributed by atoms with Gasteiger partial charge in [-0.15, -0.1) is 5.10 Å². The molecule has 8 heteroatoms. The topological polar surface area (TPSA) is 63.9 Å². The fourth-order valence-corrected chi connectivity index (χ4v) is 3.59. The summed E-state index contributed by atoms with van der Waals surface area (Å²) in [5, 5.41) is 11.5. The number of benzene rings is 1. The van der Waals surface area contributed by atoms with Gasteiger partial charge in [0.2, 0.25) is 5.91 Å². The van der Waals surface area contributed by atoms with Crippen LogP contribution in [0.2, 0.25) is 0 Å². The summed E-state index contributed by atoms with van der Waals surface area (Å²) in [5.41, 5.74) is 0.754. The van der Waals surface area contributed by atoms with E-state index in [1.165, 1.54) is 16.8 Å². The first-order valence-corrected chi connectivity index (χ1v) is 8.66. The van der Waals surface area contributed by atoms with Crippen LogP contribution in [0.4, 0.5) is 4.39 Å². The first-order chi connectivity index (χ1) is 11.1. The van der Waals surface area contributed by atoms with E-state index in [-0.39, 0.29) is 11.7 Å². The Morgan fingerprint density at radius 1 is 1.39 bits per heavy atom. The fraction of sp³-hybridized carbons (Fsp3) is 0.467. The van der Waals surface area contributed by atoms with Crippen LogP contribution in [0, 0.1) is 12.7 Å². The van der Waals surface area contributed by atoms with Gasteiger partial charge in [-0.1, -0.05) is 12.1 Å². The molecule has 0 spiro atoms. The summed E-state index contributed by atoms with van der Waals surface area (Å²) in [6.07, 6.45) is 0.367. The number of aryl methyl sites for hydroxylation is 1. The van der Waals surface area contributed by atoms with Gasteiger partial charge in [-0.2, -0.15) is 11.8 Å². The number of carbonyl (C=O) groups is 1. The van der Waals surface area contributed by atoms with Gasteiger partial charge in [-0.05, 0) is 35.0 Å². The van der Waals surface area contributed by atoms with Crippen molar-refractivity contribution < 1.29 is 9.18 Å². The van der Waals surface area contributed by atoms with Crippen LogP contribution in [0.15, 0.2) is 24.3 Å². The number of tetrazole rings is 1. The molecular formula is C15H18FN5OS. The van der Waals surface area contributed by atoms with Gasteiger partial charge in [0.15, 0.2) is 0 Å². The summed E-state index contributed by atoms with van der Waals surface area (Å²) in [5.74, 6) is 2.13. The third-order valence-corrected chi connectivity index (χ3v) is 4.82. The van der Waals surface area contributed by atoms with E-state index in [9.17, 15) is 9.18 Å². The molecule has 1 fully saturated rings. The lowest BCUT2D eigenvalue weighted by Gasteiger charge is -2.30. The molecule has 0 radical (unpaired) electrons. The van der Waals surface area contributed by atoms with Crippen LogP contribution in [0.25, 0.3) is 0 Å². The van der Waals surface area contributed by atoms with Gasteiger partial charge < -0.3 is 4.90 Å². The molecule has 1 atom stereocenters. The third kappa shape index (κ3) is 3.69. The summed E-state index contributed by atoms with van der Waals surface area (Å²) in [6, 6.07) is 5.76. The number of hydrogen-bond donors (Lipinski definition) is 0. The Labute approximate surface area is 138 Å². The van der Waals surface area contributed by atoms with Crippen molar-refractivity contribution in [2.45, 2.75) is 19.4 Å². The van der Waals surface area contributed by atoms with E-state index < -0.39 is 6.04 Å². The van der Waals surface area contributed by atoms with Crippen LogP contribution in [-0.4, -0.2) is 55.6 Å². The van der Waals surface area contributed by atoms with Crippen molar-refractivity contribution in [1.82, 2.24) is 25.1 Å². The second kappa shape index (κ2) is 7.08. The highest BCUT2D eigenvalue weighted by atomic mass is 32.2. The first kappa shape index (κ1) is 15.9. The molecule has 1 saturated heterocycles. The molecule has 0 N–H and O–H groups in total. The molecule has 1 aliphatic heterocycles. The summed E-state index contributed by atoms with van der Waals surface area (Å²) < 4.78 is 15.0. The smallest absolute Gasteiger partial charge is 0.247 e. The lowest BCUT2D eigenvalue weighted by atomic mass is 10.0. The molecule has 3 rings (SSSR count). The van der Waals surface area contributed by atoms with Crippen LogP contribution >= 0.6 is 11.8 Å². The molecule has 1 aromatic heterocycles. The van der Waals surface area contributed by atoms with E-state index >= 15 is 0 Å². The lowest BCUT2D eigenvalue weighted by molar-refractivity contribution is -0.134. The van der Waals surface area contributed by atoms with Crippen molar-refractivity contribution >= 4 is 17.7 Å². The molecule has 0 unspecified atom stereocenters. The molecule has 1 amide bonds. The van der Waals surface area contributed by atoms with Crippen molar-refractivity contribution in [2.75, 3.05) is 24.6 Å². The molecule has 6 nitrogen and oxygen atoms in total. The van der Waals surface area contributed by atoms with E-state index in [4.69, 9.17) is 0 Å². The van der Waals surface area contributed by atoms with Crippen molar-refractivity contribution in [3.63, 3.8) is 0 Å². The van der Waals surface area contributed by atoms with Gasteiger partial charge >= 0.3 is 0 Å². The molecule has 1 aliphatic rings. The third-order valence-electron chi connectivity index (χ3n) is 3.88. The van der Waals surface area contributed by atoms with Gasteiger partial charge in [-0.3, -0.25) is 4.79 Å². The summed E-state index contributed by atoms with van der Waals surface area (Å²) in [4.78, 5) is 14.8. The van der Waals surface area contributed by atoms with Crippen molar-refractivity contribution in [1.29, 1.82) is 0 Å². The molecule has 0 aliphatic carbocycles. The Morgan fingerprint density at radius 2 is 2.17 bits per heavy atom. The maximum absolute atomic E-state index is 13.4. The summed E-state index contributed by atoms with van der Waals surface area (Å²) in [7, 11) is 0. The zero-order chi connectivity index (χ0) is 16.2. The SMILES string of the molecule is Cc1nnnn1[C@H](Cc1cccc(F)c1)C(=O)N1CCSCC1. The maximum atomic E-state index is 13.4. The van der Waals surface area contributed by atoms with Gasteiger partial charge in [0.25, 0.3) is 0 Å². The second-order valence-corrected chi connectivity index (χ2v) is 6.68. The normalized spacial score (nSPS) is 16.3. The fourth-order valence-electron chi connectivity index (χ4n) is 2.69. The van der Waals surface area contributed by atoms with Crippen molar-refractivity contribution in [2.24, 2.45) is 0 Å². The molecule has 0 saturated carbocycles. The van der Waals surface area contributed by atoms with Crippen LogP contribution in [-0.2, 0) is 11.2 Å². The van der Waals surface area contributed by atoms with Crippen LogP contribution in [0.5, 0.6) is 0 Å². The molecule has 23 heavy (non-hydrogen) atoms. The number of thioether (sulfide) groups is 1. The van der Waals surface area contributed by atoms with E-state index in [1.807, 2.05) is 22.7 Å². The predicted octanol–water partition coefficient (Wildman–Crippen LogP) is 1.48. The van der Waals surface area contributed by atoms with E-state index in [0.717, 1.165) is 30.2 Å². The van der Waals surface area contributed by atoms with E-state index in [1.54, 1.807) is 13.0 Å². The standard InChI is InChI=1S/C15H18FN5OS/c1-11-17-18-19-21(11)14(10-12-3-2-4-13(16)9-12)15(22)20-5-7-23-8-6-20/h2-4,9,14H,5-8,10H2,1H3/t14-/m1/s1. The number of hydrogen-bond acceptors (Lipinski definition) is 5. The van der Waals surface area contributed by atoms with Crippen LogP contribution < -0.4 is 0 Å². The number of amides is 1. The van der Waals surface area contributed by atoms with Gasteiger partial charge in [0.1, 0.15) is 17.7 Å². The zero-order valence-electron chi connectivity index (χ0n) is 12.9. The Balaban J connectivity index is 1.87. The Morgan fingerprint density at radius 3 is 2.83 bits per heavy atom. The van der Waals surface area contributed by atoms with E-state index in [2.05, 4.69) is 15.5 Å². The van der Waals surface area contributed by atoms with E-state index in [0.29, 0.717) is 12.2 Å². The Bertz CT molecular complexity index is 686. The maximum Gasteiger partial charge on any atom is 0.247 e. The monoisotopic (exact) mass is 335 g/mol. The number of halogens is 1. The average Bonchev–Trinajstić information content (AvgIpc) is 2.99. The highest BCUT2D eigenvalue weighted by Crippen LogP contribution is 2.20. The van der Waals surface area contributed by atoms with Crippen LogP contribution in [0.3, 0.4) is 0 Å². The first-order valence-electron chi connectivity index (χ1n) is 7.50. The average molecular weight is 335 g/mol. The predicted molar refractivity (Wildman–Crippen MR) is 85.6 cm³/mol. The molecule has 1 aromatic carbocycles. The van der Waals surface area contributed by atoms with Gasteiger partial charge in [0.05, 0.1) is 0 Å². The van der Waals surface area contributed by atoms with Crippen molar-refractivity contribution in [3.8, 4) is 0 Å². The molecule has 0 bridgehead atoms. The number of nitrogens with zero attached hydrogens (tertiary/aromatic N) is 5. The second-order valence-electron chi connectivity index (χ2n) is 5.46. The van der Waals surface area contributed by atoms with Crippen LogP contribution in [0.1, 0.15) is 17.4 Å². The van der Waals surface area contributed by atoms with Crippen molar-refractivity contribution in [3.05, 3.63) is 41.5 Å². The highest BCUT2D eigenvalue weighted by molar-refractivity contribution is 7.99. The summed E-state index contributed by atoms with van der Waals surface area (Å²) in [6.45, 7) is 3.21. The minimum atomic E-state index is -0.546. The minimum Gasteiger partial charge on any atom is -0.339 e. The largest absolute Gasteiger partial charge is 0.339 e. The molecular weight excluding hydrogens is 317 g/mol. The van der Waals surface area contributed by atoms with Gasteiger partial charge in [-0.25, -0.2) is 9.07 Å². The van der Waals surface area contributed by atoms with Gasteiger partial charge in [0, 0.05) is 31.0 Å². The Kier molecular flexibility index (Phi) is 4.90. The number of aromatic nitrogens is 4. The molecule has 2 aromatic rings. The molecule has 122 valence electrons. The molecule has 2 heterocycles. The quantitative estimate of drug-likeness (QED) is 0.847. The number of rotatable bonds is 4. The zero-order valence-corrected chi connectivity index (χ0v) is 13.7. The Hall–Kier alpha value is -1.96. The summed E-state index contributed by atoms with van der Waals surface area (Å²) >= 11 is 1.84.